The maximum atomic E-state index is 12.7. The van der Waals surface area contributed by atoms with E-state index in [4.69, 9.17) is 4.74 Å². The molecule has 0 atom stereocenters. The zero-order valence-electron chi connectivity index (χ0n) is 12.5. The molecule has 3 aromatic rings. The summed E-state index contributed by atoms with van der Waals surface area (Å²) in [6.45, 7) is -0.137. The number of nitriles is 1. The van der Waals surface area contributed by atoms with Crippen LogP contribution in [0.15, 0.2) is 53.5 Å². The molecular weight excluding hydrogens is 292 g/mol. The van der Waals surface area contributed by atoms with Gasteiger partial charge in [-0.15, -0.1) is 0 Å². The predicted octanol–water partition coefficient (Wildman–Crippen LogP) is 2.36. The Morgan fingerprint density at radius 1 is 1.17 bits per heavy atom. The van der Waals surface area contributed by atoms with Gasteiger partial charge in [0.1, 0.15) is 11.8 Å². The highest BCUT2D eigenvalue weighted by atomic mass is 16.5. The molecule has 0 unspecified atom stereocenters. The average Bonchev–Trinajstić information content (AvgIpc) is 2.62. The smallest absolute Gasteiger partial charge is 0.263 e. The van der Waals surface area contributed by atoms with Gasteiger partial charge >= 0.3 is 0 Å². The van der Waals surface area contributed by atoms with Crippen molar-refractivity contribution in [3.8, 4) is 17.5 Å². The molecule has 23 heavy (non-hydrogen) atoms. The van der Waals surface area contributed by atoms with Gasteiger partial charge in [-0.1, -0.05) is 6.07 Å². The van der Waals surface area contributed by atoms with Crippen LogP contribution in [0.25, 0.3) is 16.5 Å². The molecule has 0 saturated carbocycles. The lowest BCUT2D eigenvalue weighted by molar-refractivity contribution is 0.282. The number of nitrogens with zero attached hydrogens (tertiary/aromatic N) is 2. The van der Waals surface area contributed by atoms with E-state index in [0.29, 0.717) is 33.3 Å². The second-order valence-electron chi connectivity index (χ2n) is 5.07. The van der Waals surface area contributed by atoms with Crippen molar-refractivity contribution in [1.82, 2.24) is 4.57 Å². The fraction of sp³-hybridized carbons (Fsp3) is 0.111. The van der Waals surface area contributed by atoms with Gasteiger partial charge in [0.2, 0.25) is 0 Å². The van der Waals surface area contributed by atoms with E-state index in [2.05, 4.69) is 6.07 Å². The van der Waals surface area contributed by atoms with Gasteiger partial charge in [-0.2, -0.15) is 5.26 Å². The molecule has 2 aromatic carbocycles. The number of rotatable bonds is 3. The molecule has 0 aliphatic rings. The second kappa shape index (κ2) is 5.95. The zero-order valence-corrected chi connectivity index (χ0v) is 12.5. The highest BCUT2D eigenvalue weighted by Crippen LogP contribution is 2.20. The lowest BCUT2D eigenvalue weighted by Gasteiger charge is -2.10. The summed E-state index contributed by atoms with van der Waals surface area (Å²) in [4.78, 5) is 12.7. The highest BCUT2D eigenvalue weighted by Gasteiger charge is 2.11. The van der Waals surface area contributed by atoms with Crippen LogP contribution in [0.5, 0.6) is 5.75 Å². The number of pyridine rings is 1. The molecule has 1 N–H and O–H groups in total. The average molecular weight is 306 g/mol. The second-order valence-corrected chi connectivity index (χ2v) is 5.07. The van der Waals surface area contributed by atoms with E-state index in [1.807, 2.05) is 0 Å². The number of ether oxygens (including phenoxy) is 1. The van der Waals surface area contributed by atoms with Gasteiger partial charge < -0.3 is 9.84 Å². The van der Waals surface area contributed by atoms with Gasteiger partial charge in [0.15, 0.2) is 0 Å². The van der Waals surface area contributed by atoms with E-state index >= 15 is 0 Å². The van der Waals surface area contributed by atoms with Crippen LogP contribution < -0.4 is 10.3 Å². The third kappa shape index (κ3) is 2.56. The van der Waals surface area contributed by atoms with Crippen molar-refractivity contribution in [1.29, 1.82) is 5.26 Å². The minimum absolute atomic E-state index is 0.137. The number of methoxy groups -OCH3 is 1. The van der Waals surface area contributed by atoms with Gasteiger partial charge in [0.05, 0.1) is 19.3 Å². The quantitative estimate of drug-likeness (QED) is 0.806. The Bertz CT molecular complexity index is 966. The predicted molar refractivity (Wildman–Crippen MR) is 86.7 cm³/mol. The highest BCUT2D eigenvalue weighted by molar-refractivity contribution is 5.87. The summed E-state index contributed by atoms with van der Waals surface area (Å²) in [7, 11) is 1.57. The monoisotopic (exact) mass is 306 g/mol. The first kappa shape index (κ1) is 14.8. The van der Waals surface area contributed by atoms with Crippen molar-refractivity contribution in [3.63, 3.8) is 0 Å². The van der Waals surface area contributed by atoms with Crippen molar-refractivity contribution in [2.45, 2.75) is 6.61 Å². The molecule has 1 heterocycles. The van der Waals surface area contributed by atoms with Gasteiger partial charge in [0.25, 0.3) is 5.56 Å². The summed E-state index contributed by atoms with van der Waals surface area (Å²) in [5.41, 5.74) is 1.48. The molecule has 0 amide bonds. The Kier molecular flexibility index (Phi) is 3.83. The lowest BCUT2D eigenvalue weighted by Crippen LogP contribution is -2.18. The summed E-state index contributed by atoms with van der Waals surface area (Å²) < 4.78 is 6.56. The SMILES string of the molecule is COc1ccc(-n2cc(C#N)c3cc(CO)ccc3c2=O)cc1. The van der Waals surface area contributed by atoms with Crippen LogP contribution >= 0.6 is 0 Å². The molecule has 0 spiro atoms. The maximum absolute atomic E-state index is 12.7. The van der Waals surface area contributed by atoms with Crippen LogP contribution in [0.1, 0.15) is 11.1 Å². The summed E-state index contributed by atoms with van der Waals surface area (Å²) in [5.74, 6) is 0.690. The van der Waals surface area contributed by atoms with Gasteiger partial charge in [0, 0.05) is 22.7 Å². The first-order chi connectivity index (χ1) is 11.2. The van der Waals surface area contributed by atoms with E-state index in [9.17, 15) is 15.2 Å². The number of aliphatic hydroxyl groups excluding tert-OH is 1. The molecule has 1 aromatic heterocycles. The van der Waals surface area contributed by atoms with Crippen molar-refractivity contribution in [2.75, 3.05) is 7.11 Å². The number of aromatic nitrogens is 1. The molecule has 3 rings (SSSR count). The van der Waals surface area contributed by atoms with Crippen molar-refractivity contribution >= 4 is 10.8 Å². The standard InChI is InChI=1S/C18H14N2O3/c1-23-15-5-3-14(4-6-15)20-10-13(9-19)17-8-12(11-21)2-7-16(17)18(20)22/h2-8,10,21H,11H2,1H3. The van der Waals surface area contributed by atoms with Gasteiger partial charge in [-0.3, -0.25) is 9.36 Å². The summed E-state index contributed by atoms with van der Waals surface area (Å²) in [5, 5.41) is 19.6. The third-order valence-corrected chi connectivity index (χ3v) is 3.74. The molecule has 0 bridgehead atoms. The lowest BCUT2D eigenvalue weighted by atomic mass is 10.0. The Hall–Kier alpha value is -3.10. The Balaban J connectivity index is 2.28. The minimum Gasteiger partial charge on any atom is -0.497 e. The molecule has 0 aliphatic carbocycles. The summed E-state index contributed by atoms with van der Waals surface area (Å²) >= 11 is 0. The Morgan fingerprint density at radius 3 is 2.52 bits per heavy atom. The number of hydrogen-bond acceptors (Lipinski definition) is 4. The summed E-state index contributed by atoms with van der Waals surface area (Å²) in [6.07, 6.45) is 1.52. The van der Waals surface area contributed by atoms with Gasteiger partial charge in [-0.25, -0.2) is 0 Å². The van der Waals surface area contributed by atoms with Crippen LogP contribution in [-0.4, -0.2) is 16.8 Å². The van der Waals surface area contributed by atoms with Crippen molar-refractivity contribution in [3.05, 3.63) is 70.1 Å². The normalized spacial score (nSPS) is 10.5. The first-order valence-electron chi connectivity index (χ1n) is 7.01. The van der Waals surface area contributed by atoms with Crippen LogP contribution in [0.3, 0.4) is 0 Å². The van der Waals surface area contributed by atoms with E-state index in [-0.39, 0.29) is 12.2 Å². The van der Waals surface area contributed by atoms with Crippen LogP contribution in [0, 0.1) is 11.3 Å². The molecule has 5 heteroatoms. The van der Waals surface area contributed by atoms with Crippen LogP contribution in [0.4, 0.5) is 0 Å². The molecule has 0 aliphatic heterocycles. The van der Waals surface area contributed by atoms with Crippen LogP contribution in [-0.2, 0) is 6.61 Å². The summed E-state index contributed by atoms with van der Waals surface area (Å²) in [6, 6.07) is 14.1. The fourth-order valence-electron chi connectivity index (χ4n) is 2.51. The minimum atomic E-state index is -0.214. The van der Waals surface area contributed by atoms with E-state index < -0.39 is 0 Å². The Labute approximate surface area is 132 Å². The third-order valence-electron chi connectivity index (χ3n) is 3.74. The van der Waals surface area contributed by atoms with E-state index in [0.717, 1.165) is 0 Å². The van der Waals surface area contributed by atoms with Crippen molar-refractivity contribution in [2.24, 2.45) is 0 Å². The molecule has 0 saturated heterocycles. The van der Waals surface area contributed by atoms with Crippen molar-refractivity contribution < 1.29 is 9.84 Å². The van der Waals surface area contributed by atoms with E-state index in [1.165, 1.54) is 10.8 Å². The topological polar surface area (TPSA) is 75.2 Å². The first-order valence-corrected chi connectivity index (χ1v) is 7.01. The van der Waals surface area contributed by atoms with E-state index in [1.54, 1.807) is 49.6 Å². The molecule has 114 valence electrons. The largest absolute Gasteiger partial charge is 0.497 e. The number of hydrogen-bond donors (Lipinski definition) is 1. The fourth-order valence-corrected chi connectivity index (χ4v) is 2.51. The number of benzene rings is 2. The molecule has 0 radical (unpaired) electrons. The van der Waals surface area contributed by atoms with Gasteiger partial charge in [-0.05, 0) is 42.0 Å². The molecular formula is C18H14N2O3. The number of fused-ring (bicyclic) bond motifs is 1. The number of aliphatic hydroxyl groups is 1. The maximum Gasteiger partial charge on any atom is 0.263 e. The molecule has 5 nitrogen and oxygen atoms in total. The Morgan fingerprint density at radius 2 is 1.91 bits per heavy atom. The molecule has 0 fully saturated rings. The zero-order chi connectivity index (χ0) is 16.4. The van der Waals surface area contributed by atoms with Crippen LogP contribution in [0.2, 0.25) is 0 Å².